The summed E-state index contributed by atoms with van der Waals surface area (Å²) in [5, 5.41) is 2.85. The van der Waals surface area contributed by atoms with Gasteiger partial charge in [0.05, 0.1) is 24.3 Å². The zero-order valence-electron chi connectivity index (χ0n) is 20.4. The molecular weight excluding hydrogens is 464 g/mol. The maximum Gasteiger partial charge on any atom is 0.264 e. The van der Waals surface area contributed by atoms with Crippen LogP contribution in [0, 0.1) is 6.92 Å². The average Bonchev–Trinajstić information content (AvgIpc) is 2.86. The molecule has 0 aromatic heterocycles. The van der Waals surface area contributed by atoms with Crippen molar-refractivity contribution in [2.75, 3.05) is 31.1 Å². The Bertz CT molecular complexity index is 1210. The van der Waals surface area contributed by atoms with Crippen LogP contribution in [-0.2, 0) is 21.2 Å². The lowest BCUT2D eigenvalue weighted by atomic mass is 10.1. The van der Waals surface area contributed by atoms with Gasteiger partial charge in [-0.2, -0.15) is 0 Å². The van der Waals surface area contributed by atoms with E-state index in [0.717, 1.165) is 34.0 Å². The Hall–Kier alpha value is -3.52. The molecule has 3 aromatic rings. The predicted octanol–water partition coefficient (Wildman–Crippen LogP) is 4.35. The van der Waals surface area contributed by atoms with Gasteiger partial charge in [-0.15, -0.1) is 0 Å². The number of rotatable bonds is 12. The van der Waals surface area contributed by atoms with Crippen LogP contribution in [0.1, 0.15) is 24.5 Å². The number of methoxy groups -OCH3 is 1. The zero-order valence-corrected chi connectivity index (χ0v) is 21.2. The Morgan fingerprint density at radius 2 is 1.71 bits per heavy atom. The number of nitrogens with zero attached hydrogens (tertiary/aromatic N) is 1. The quantitative estimate of drug-likeness (QED) is 0.377. The molecule has 0 aliphatic carbocycles. The first-order chi connectivity index (χ1) is 16.8. The molecule has 186 valence electrons. The third-order valence-electron chi connectivity index (χ3n) is 5.42. The molecule has 3 aromatic carbocycles. The highest BCUT2D eigenvalue weighted by atomic mass is 32.2. The summed E-state index contributed by atoms with van der Waals surface area (Å²) in [5.41, 5.74) is 2.31. The zero-order chi connectivity index (χ0) is 25.3. The largest absolute Gasteiger partial charge is 0.495 e. The van der Waals surface area contributed by atoms with Crippen LogP contribution < -0.4 is 19.1 Å². The van der Waals surface area contributed by atoms with Gasteiger partial charge in [0.25, 0.3) is 10.0 Å². The summed E-state index contributed by atoms with van der Waals surface area (Å²) in [6.07, 6.45) is 1.50. The normalized spacial score (nSPS) is 11.1. The van der Waals surface area contributed by atoms with Crippen molar-refractivity contribution in [3.05, 3.63) is 83.9 Å². The number of aryl methyl sites for hydroxylation is 2. The Labute approximate surface area is 207 Å². The minimum atomic E-state index is -4.00. The van der Waals surface area contributed by atoms with E-state index in [1.54, 1.807) is 30.3 Å². The molecule has 35 heavy (non-hydrogen) atoms. The first-order valence-electron chi connectivity index (χ1n) is 11.6. The van der Waals surface area contributed by atoms with E-state index < -0.39 is 10.0 Å². The molecule has 0 heterocycles. The van der Waals surface area contributed by atoms with Crippen LogP contribution in [0.3, 0.4) is 0 Å². The second kappa shape index (κ2) is 12.3. The van der Waals surface area contributed by atoms with E-state index in [9.17, 15) is 13.2 Å². The summed E-state index contributed by atoms with van der Waals surface area (Å²) < 4.78 is 39.0. The van der Waals surface area contributed by atoms with Gasteiger partial charge in [-0.25, -0.2) is 8.42 Å². The molecule has 1 amide bonds. The van der Waals surface area contributed by atoms with E-state index in [1.807, 2.05) is 44.2 Å². The average molecular weight is 497 g/mol. The summed E-state index contributed by atoms with van der Waals surface area (Å²) in [7, 11) is -2.53. The van der Waals surface area contributed by atoms with Crippen LogP contribution in [0.15, 0.2) is 77.7 Å². The fraction of sp³-hybridized carbons (Fsp3) is 0.296. The molecule has 0 aliphatic heterocycles. The van der Waals surface area contributed by atoms with Crippen molar-refractivity contribution in [3.8, 4) is 11.5 Å². The molecule has 1 N–H and O–H groups in total. The highest BCUT2D eigenvalue weighted by Gasteiger charge is 2.29. The van der Waals surface area contributed by atoms with Gasteiger partial charge < -0.3 is 14.8 Å². The minimum absolute atomic E-state index is 0.104. The van der Waals surface area contributed by atoms with Crippen LogP contribution in [0.2, 0.25) is 0 Å². The third-order valence-corrected chi connectivity index (χ3v) is 7.19. The first-order valence-corrected chi connectivity index (χ1v) is 13.0. The maximum absolute atomic E-state index is 13.5. The van der Waals surface area contributed by atoms with E-state index in [4.69, 9.17) is 9.47 Å². The van der Waals surface area contributed by atoms with Gasteiger partial charge in [-0.1, -0.05) is 36.4 Å². The van der Waals surface area contributed by atoms with Crippen LogP contribution in [0.4, 0.5) is 5.69 Å². The summed E-state index contributed by atoms with van der Waals surface area (Å²) in [6, 6.07) is 21.2. The van der Waals surface area contributed by atoms with E-state index in [-0.39, 0.29) is 17.3 Å². The molecule has 8 heteroatoms. The van der Waals surface area contributed by atoms with Gasteiger partial charge in [-0.3, -0.25) is 9.10 Å². The first kappa shape index (κ1) is 26.1. The van der Waals surface area contributed by atoms with Crippen LogP contribution in [0.25, 0.3) is 0 Å². The van der Waals surface area contributed by atoms with Gasteiger partial charge in [0.1, 0.15) is 18.0 Å². The molecule has 0 unspecified atom stereocenters. The van der Waals surface area contributed by atoms with Gasteiger partial charge >= 0.3 is 0 Å². The summed E-state index contributed by atoms with van der Waals surface area (Å²) in [4.78, 5) is 12.9. The number of hydrogen-bond acceptors (Lipinski definition) is 5. The molecule has 0 fully saturated rings. The molecule has 0 aliphatic rings. The highest BCUT2D eigenvalue weighted by Crippen LogP contribution is 2.33. The molecule has 0 saturated carbocycles. The SMILES string of the molecule is CCOc1ccc(CCCNC(=O)CN(c2cc(C)ccc2OC)S(=O)(=O)c2ccccc2)cc1. The van der Waals surface area contributed by atoms with Crippen molar-refractivity contribution in [2.24, 2.45) is 0 Å². The molecule has 0 saturated heterocycles. The molecule has 0 spiro atoms. The second-order valence-corrected chi connectivity index (χ2v) is 9.89. The molecule has 0 atom stereocenters. The van der Waals surface area contributed by atoms with Crippen molar-refractivity contribution in [1.29, 1.82) is 0 Å². The van der Waals surface area contributed by atoms with Crippen LogP contribution >= 0.6 is 0 Å². The third kappa shape index (κ3) is 6.99. The van der Waals surface area contributed by atoms with Gasteiger partial charge in [-0.05, 0) is 74.2 Å². The fourth-order valence-electron chi connectivity index (χ4n) is 3.64. The van der Waals surface area contributed by atoms with E-state index >= 15 is 0 Å². The molecule has 0 radical (unpaired) electrons. The Kier molecular flexibility index (Phi) is 9.14. The number of amides is 1. The summed E-state index contributed by atoms with van der Waals surface area (Å²) >= 11 is 0. The number of carbonyl (C=O) groups excluding carboxylic acids is 1. The lowest BCUT2D eigenvalue weighted by molar-refractivity contribution is -0.119. The number of hydrogen-bond donors (Lipinski definition) is 1. The molecular formula is C27H32N2O5S. The van der Waals surface area contributed by atoms with Crippen LogP contribution in [0.5, 0.6) is 11.5 Å². The van der Waals surface area contributed by atoms with E-state index in [0.29, 0.717) is 24.6 Å². The number of sulfonamides is 1. The Morgan fingerprint density at radius 1 is 1.00 bits per heavy atom. The van der Waals surface area contributed by atoms with Crippen molar-refractivity contribution in [3.63, 3.8) is 0 Å². The van der Waals surface area contributed by atoms with E-state index in [2.05, 4.69) is 5.32 Å². The number of ether oxygens (including phenoxy) is 2. The number of nitrogens with one attached hydrogen (secondary N) is 1. The fourth-order valence-corrected chi connectivity index (χ4v) is 5.08. The standard InChI is InChI=1S/C27H32N2O5S/c1-4-34-23-15-13-22(14-16-23)9-8-18-28-27(30)20-29(25-19-21(2)12-17-26(25)33-3)35(31,32)24-10-6-5-7-11-24/h5-7,10-17,19H,4,8-9,18,20H2,1-3H3,(H,28,30). The Morgan fingerprint density at radius 3 is 2.37 bits per heavy atom. The smallest absolute Gasteiger partial charge is 0.264 e. The van der Waals surface area contributed by atoms with Crippen molar-refractivity contribution in [1.82, 2.24) is 5.32 Å². The predicted molar refractivity (Wildman–Crippen MR) is 138 cm³/mol. The maximum atomic E-state index is 13.5. The summed E-state index contributed by atoms with van der Waals surface area (Å²) in [6.45, 7) is 4.49. The van der Waals surface area contributed by atoms with Crippen molar-refractivity contribution < 1.29 is 22.7 Å². The monoisotopic (exact) mass is 496 g/mol. The number of carbonyl (C=O) groups is 1. The van der Waals surface area contributed by atoms with Gasteiger partial charge in [0.15, 0.2) is 0 Å². The van der Waals surface area contributed by atoms with Gasteiger partial charge in [0.2, 0.25) is 5.91 Å². The topological polar surface area (TPSA) is 84.9 Å². The summed E-state index contributed by atoms with van der Waals surface area (Å²) in [5.74, 6) is 0.814. The highest BCUT2D eigenvalue weighted by molar-refractivity contribution is 7.92. The number of anilines is 1. The molecule has 3 rings (SSSR count). The molecule has 0 bridgehead atoms. The lowest BCUT2D eigenvalue weighted by Crippen LogP contribution is -2.41. The van der Waals surface area contributed by atoms with Crippen molar-refractivity contribution >= 4 is 21.6 Å². The molecule has 7 nitrogen and oxygen atoms in total. The van der Waals surface area contributed by atoms with Gasteiger partial charge in [0, 0.05) is 6.54 Å². The second-order valence-electron chi connectivity index (χ2n) is 8.03. The lowest BCUT2D eigenvalue weighted by Gasteiger charge is -2.26. The van der Waals surface area contributed by atoms with E-state index in [1.165, 1.54) is 19.2 Å². The number of benzene rings is 3. The minimum Gasteiger partial charge on any atom is -0.495 e. The Balaban J connectivity index is 1.71. The van der Waals surface area contributed by atoms with Crippen LogP contribution in [-0.4, -0.2) is 41.1 Å². The van der Waals surface area contributed by atoms with Crippen molar-refractivity contribution in [2.45, 2.75) is 31.6 Å².